The minimum absolute atomic E-state index is 0.0148. The summed E-state index contributed by atoms with van der Waals surface area (Å²) in [4.78, 5) is 23.5. The highest BCUT2D eigenvalue weighted by molar-refractivity contribution is 8.34. The summed E-state index contributed by atoms with van der Waals surface area (Å²) in [6.45, 7) is 1.23. The number of nitrogens with zero attached hydrogens (tertiary/aromatic N) is 8. The van der Waals surface area contributed by atoms with Crippen LogP contribution in [0.4, 0.5) is 22.0 Å². The largest absolute Gasteiger partial charge is 0.876 e. The first-order valence-electron chi connectivity index (χ1n) is 31.4. The summed E-state index contributed by atoms with van der Waals surface area (Å²) in [5.41, 5.74) is -3.44. The fraction of sp³-hybridized carbons (Fsp3) is 0.0658. The van der Waals surface area contributed by atoms with E-state index in [1.54, 1.807) is 13.3 Å². The molecule has 3 heterocycles. The number of aromatic nitrogens is 5. The molecule has 0 aliphatic carbocycles. The molecule has 0 radical (unpaired) electrons. The van der Waals surface area contributed by atoms with Gasteiger partial charge in [-0.15, -0.1) is 54.0 Å². The fourth-order valence-corrected chi connectivity index (χ4v) is 28.8. The van der Waals surface area contributed by atoms with E-state index in [1.807, 2.05) is 261 Å². The average molecular weight is 1580 g/mol. The molecule has 0 aliphatic rings. The maximum atomic E-state index is 14.6. The van der Waals surface area contributed by atoms with Crippen molar-refractivity contribution in [3.8, 4) is 28.7 Å². The third kappa shape index (κ3) is 20.7. The summed E-state index contributed by atoms with van der Waals surface area (Å²) in [6.07, 6.45) is 2.93. The molecule has 0 spiro atoms. The van der Waals surface area contributed by atoms with E-state index in [1.165, 1.54) is 24.3 Å². The highest BCUT2D eigenvalue weighted by Gasteiger charge is 2.44. The number of ether oxygens (including phenoxy) is 1. The zero-order chi connectivity index (χ0) is 75.4. The molecule has 0 aliphatic heterocycles. The van der Waals surface area contributed by atoms with Gasteiger partial charge in [-0.25, -0.2) is 21.8 Å². The predicted molar refractivity (Wildman–Crippen MR) is 427 cm³/mol. The third-order valence-electron chi connectivity index (χ3n) is 14.8. The highest BCUT2D eigenvalue weighted by Crippen LogP contribution is 2.68. The molecular weight excluding hydrogens is 1520 g/mol. The highest BCUT2D eigenvalue weighted by atomic mass is 32.5. The SMILES string of the molecule is C=P([N-]P(=O)(c1ccccc1)c1ccccc1)(c1ccccc1)c1ccccc1.CC(F)(F)S(=O)(=O)[N-]S(=O)(=O)C(F)(F)F.COc1ccc2nc(/C=C(/C)[O-])sc2c1.S=P([N-]P(=S)(c1ccccc1)c1ccccc1)(c1ccccc1)c1ccccc1.c1ccc(-c2nnc(-c3ccccn3)[n-]2)cc1. The Morgan fingerprint density at radius 3 is 1.26 bits per heavy atom. The van der Waals surface area contributed by atoms with Crippen LogP contribution in [0.1, 0.15) is 18.9 Å². The molecule has 105 heavy (non-hydrogen) atoms. The van der Waals surface area contributed by atoms with E-state index in [0.717, 1.165) is 78.8 Å². The van der Waals surface area contributed by atoms with Gasteiger partial charge in [0, 0.05) is 24.8 Å². The van der Waals surface area contributed by atoms with Crippen LogP contribution in [0.5, 0.6) is 5.75 Å². The van der Waals surface area contributed by atoms with Gasteiger partial charge in [-0.05, 0) is 84.4 Å². The topological polar surface area (TPSA) is 226 Å². The molecule has 0 bridgehead atoms. The van der Waals surface area contributed by atoms with Gasteiger partial charge in [-0.1, -0.05) is 298 Å². The minimum atomic E-state index is -6.48. The van der Waals surface area contributed by atoms with E-state index in [2.05, 4.69) is 80.0 Å². The smallest absolute Gasteiger partial charge is 0.480 e. The number of alkyl halides is 5. The normalized spacial score (nSPS) is 12.1. The van der Waals surface area contributed by atoms with Crippen LogP contribution in [-0.4, -0.2) is 61.2 Å². The number of allylic oxidation sites excluding steroid dienone is 1. The molecule has 15 nitrogen and oxygen atoms in total. The molecule has 3 aromatic heterocycles. The lowest BCUT2D eigenvalue weighted by Crippen LogP contribution is -2.30. The van der Waals surface area contributed by atoms with Crippen LogP contribution in [0.25, 0.3) is 53.0 Å². The summed E-state index contributed by atoms with van der Waals surface area (Å²) >= 11 is 14.3. The Morgan fingerprint density at radius 2 is 0.895 bits per heavy atom. The molecule has 0 fully saturated rings. The van der Waals surface area contributed by atoms with Crippen LogP contribution in [-0.2, 0) is 48.2 Å². The second-order valence-electron chi connectivity index (χ2n) is 22.3. The van der Waals surface area contributed by atoms with Crippen molar-refractivity contribution in [3.05, 3.63) is 340 Å². The van der Waals surface area contributed by atoms with Crippen LogP contribution in [0.2, 0.25) is 0 Å². The van der Waals surface area contributed by atoms with Crippen molar-refractivity contribution >= 4 is 147 Å². The van der Waals surface area contributed by atoms with Gasteiger partial charge >= 0.3 is 10.8 Å². The van der Waals surface area contributed by atoms with Crippen LogP contribution >= 0.6 is 38.0 Å². The van der Waals surface area contributed by atoms with E-state index < -0.39 is 57.5 Å². The van der Waals surface area contributed by atoms with E-state index in [4.69, 9.17) is 38.1 Å². The Morgan fingerprint density at radius 1 is 0.524 bits per heavy atom. The van der Waals surface area contributed by atoms with E-state index in [9.17, 15) is 48.5 Å². The number of halogens is 5. The Balaban J connectivity index is 0.000000157. The predicted octanol–water partition coefficient (Wildman–Crippen LogP) is 16.1. The number of benzene rings is 10. The minimum Gasteiger partial charge on any atom is -0.876 e. The maximum Gasteiger partial charge on any atom is 0.480 e. The van der Waals surface area contributed by atoms with Crippen LogP contribution in [0, 0.1) is 0 Å². The third-order valence-corrected chi connectivity index (χ3v) is 35.2. The average Bonchev–Trinajstić information content (AvgIpc) is 1.37. The second-order valence-corrected chi connectivity index (χ2v) is 40.8. The van der Waals surface area contributed by atoms with Gasteiger partial charge in [0.15, 0.2) is 10.0 Å². The molecule has 13 aromatic rings. The Kier molecular flexibility index (Phi) is 27.3. The lowest BCUT2D eigenvalue weighted by Gasteiger charge is -2.47. The first-order valence-corrected chi connectivity index (χ1v) is 44.2. The van der Waals surface area contributed by atoms with Crippen molar-refractivity contribution < 1.29 is 53.2 Å². The lowest BCUT2D eigenvalue weighted by molar-refractivity contribution is -0.299. The number of thiazole rings is 1. The molecule has 13 rings (SSSR count). The van der Waals surface area contributed by atoms with Gasteiger partial charge in [0.2, 0.25) is 0 Å². The van der Waals surface area contributed by atoms with Gasteiger partial charge < -0.3 is 43.4 Å². The van der Waals surface area contributed by atoms with Gasteiger partial charge in [-0.2, -0.15) is 22.0 Å². The van der Waals surface area contributed by atoms with E-state index in [-0.39, 0.29) is 12.7 Å². The number of sulfonamides is 2. The first kappa shape index (κ1) is 80.1. The molecule has 0 atom stereocenters. The zero-order valence-electron chi connectivity index (χ0n) is 56.0. The lowest BCUT2D eigenvalue weighted by atomic mass is 10.2. The van der Waals surface area contributed by atoms with E-state index in [0.29, 0.717) is 11.6 Å². The summed E-state index contributed by atoms with van der Waals surface area (Å²) in [7, 11) is -16.7. The quantitative estimate of drug-likeness (QED) is 0.0417. The second kappa shape index (κ2) is 35.8. The molecule has 0 amide bonds. The number of pyridine rings is 1. The Bertz CT molecular complexity index is 4780. The summed E-state index contributed by atoms with van der Waals surface area (Å²) in [5.74, 6) is 2.01. The van der Waals surface area contributed by atoms with Crippen molar-refractivity contribution in [2.75, 3.05) is 7.11 Å². The van der Waals surface area contributed by atoms with Crippen molar-refractivity contribution in [2.45, 2.75) is 24.6 Å². The molecule has 29 heteroatoms. The van der Waals surface area contributed by atoms with Crippen LogP contribution in [0.15, 0.2) is 321 Å². The van der Waals surface area contributed by atoms with Crippen molar-refractivity contribution in [1.29, 1.82) is 0 Å². The Hall–Kier alpha value is -9.02. The fourth-order valence-electron chi connectivity index (χ4n) is 9.61. The molecule has 10 aromatic carbocycles. The summed E-state index contributed by atoms with van der Waals surface area (Å²) in [6, 6.07) is 101. The number of rotatable bonds is 19. The van der Waals surface area contributed by atoms with Gasteiger partial charge in [0.25, 0.3) is 0 Å². The van der Waals surface area contributed by atoms with E-state index >= 15 is 0 Å². The van der Waals surface area contributed by atoms with Gasteiger partial charge in [0.05, 0.1) is 30.3 Å². The molecule has 540 valence electrons. The van der Waals surface area contributed by atoms with Gasteiger partial charge in [-0.3, -0.25) is 4.98 Å². The zero-order valence-corrected chi connectivity index (χ0v) is 63.6. The molecule has 0 saturated heterocycles. The molecule has 0 saturated carbocycles. The van der Waals surface area contributed by atoms with Crippen molar-refractivity contribution in [2.24, 2.45) is 0 Å². The monoisotopic (exact) mass is 1580 g/mol. The Labute approximate surface area is 621 Å². The number of methoxy groups -OCH3 is 1. The molecular formula is C76H64F5N8O7P4S5-5. The maximum absolute atomic E-state index is 14.6. The van der Waals surface area contributed by atoms with Gasteiger partial charge in [0.1, 0.15) is 20.8 Å². The number of hydrogen-bond acceptors (Lipinski definition) is 14. The summed E-state index contributed by atoms with van der Waals surface area (Å²) in [5, 5.41) is 22.8. The first-order chi connectivity index (χ1) is 50.1. The number of hydrogen-bond donors (Lipinski definition) is 0. The molecule has 0 N–H and O–H groups in total. The number of fused-ring (bicyclic) bond motifs is 1. The van der Waals surface area contributed by atoms with Crippen LogP contribution < -0.4 is 57.3 Å². The van der Waals surface area contributed by atoms with Crippen LogP contribution in [0.3, 0.4) is 0 Å². The standard InChI is InChI=1S/C25H22NOP2.C24H20NP2S2.C13H9N4.C11H11NO2S.C3H3F5NO4S2/c1-28(22-14-6-2-7-15-22,23-16-8-3-9-17-23)26-29(27,24-18-10-4-11-19-24)25-20-12-5-13-21-25;28-26(21-13-5-1-6-14-21,22-15-7-2-8-16-22)25-27(29,23-17-9-3-10-18-23)24-19-11-4-12-20-24;1-2-6-10(7-3-1)12-15-13(17-16-12)11-8-4-5-9-14-11;1-7(13)5-11-12-9-4-3-8(14-2)6-10(9)15-11;1-2(4,5)14(10,11)9-15(12,13)3(6,7)8/h2-21H,1H2;1-20H;1-9H;3-6,13H,1-2H3;1H3/q3*-1;;-1/p-1/b;;;7-5-;. The van der Waals surface area contributed by atoms with Crippen molar-refractivity contribution in [1.82, 2.24) is 25.1 Å². The van der Waals surface area contributed by atoms with Crippen molar-refractivity contribution in [3.63, 3.8) is 0 Å². The summed E-state index contributed by atoms with van der Waals surface area (Å²) < 4.78 is 122. The molecule has 0 unspecified atom stereocenters.